The van der Waals surface area contributed by atoms with Gasteiger partial charge in [-0.3, -0.25) is 4.98 Å². The van der Waals surface area contributed by atoms with Crippen molar-refractivity contribution in [1.29, 1.82) is 0 Å². The quantitative estimate of drug-likeness (QED) is 0.230. The minimum absolute atomic E-state index is 0.0000676. The predicted molar refractivity (Wildman–Crippen MR) is 149 cm³/mol. The lowest BCUT2D eigenvalue weighted by Crippen LogP contribution is -2.32. The second-order valence-electron chi connectivity index (χ2n) is 8.90. The highest BCUT2D eigenvalue weighted by Crippen LogP contribution is 2.40. The van der Waals surface area contributed by atoms with E-state index in [1.54, 1.807) is 7.11 Å². The minimum atomic E-state index is -0.0490. The van der Waals surface area contributed by atoms with E-state index in [9.17, 15) is 0 Å². The van der Waals surface area contributed by atoms with E-state index in [1.807, 2.05) is 48.7 Å². The van der Waals surface area contributed by atoms with E-state index in [0.717, 1.165) is 47.4 Å². The van der Waals surface area contributed by atoms with Crippen molar-refractivity contribution in [2.45, 2.75) is 25.4 Å². The van der Waals surface area contributed by atoms with Crippen molar-refractivity contribution in [3.8, 4) is 11.4 Å². The van der Waals surface area contributed by atoms with Crippen molar-refractivity contribution in [2.24, 2.45) is 0 Å². The molecule has 0 amide bonds. The Morgan fingerprint density at radius 2 is 1.75 bits per heavy atom. The van der Waals surface area contributed by atoms with E-state index < -0.39 is 0 Å². The molecule has 1 aliphatic heterocycles. The van der Waals surface area contributed by atoms with Gasteiger partial charge < -0.3 is 24.8 Å². The van der Waals surface area contributed by atoms with Crippen LogP contribution in [0.15, 0.2) is 91.1 Å². The fourth-order valence-electron chi connectivity index (χ4n) is 4.88. The molecule has 2 atom stereocenters. The molecule has 4 aromatic rings. The first-order valence-corrected chi connectivity index (χ1v) is 12.7. The standard InChI is InChI=1S/C29H31N5OS/c1-21-12-17-26(34(21)23-13-15-24(35-2)16-14-23)28-27(25-11-6-7-18-31-25)32-29(36)33(28)20-8-19-30-22-9-4-3-5-10-22/h3-7,9-18,27-28,30H,8,19-20H2,1-2H3,(H,32,36)/t27-,28+/m0/s1. The summed E-state index contributed by atoms with van der Waals surface area (Å²) >= 11 is 5.88. The van der Waals surface area contributed by atoms with Crippen molar-refractivity contribution >= 4 is 23.0 Å². The second-order valence-corrected chi connectivity index (χ2v) is 9.29. The highest BCUT2D eigenvalue weighted by Gasteiger charge is 2.41. The monoisotopic (exact) mass is 497 g/mol. The summed E-state index contributed by atoms with van der Waals surface area (Å²) in [4.78, 5) is 7.00. The fourth-order valence-corrected chi connectivity index (χ4v) is 5.21. The van der Waals surface area contributed by atoms with Gasteiger partial charge in [0.25, 0.3) is 0 Å². The van der Waals surface area contributed by atoms with E-state index in [0.29, 0.717) is 0 Å². The molecular weight excluding hydrogens is 466 g/mol. The summed E-state index contributed by atoms with van der Waals surface area (Å²) < 4.78 is 7.69. The first-order chi connectivity index (χ1) is 17.7. The molecule has 3 heterocycles. The number of pyridine rings is 1. The third-order valence-electron chi connectivity index (χ3n) is 6.62. The third kappa shape index (κ3) is 4.93. The van der Waals surface area contributed by atoms with Gasteiger partial charge in [0.2, 0.25) is 0 Å². The minimum Gasteiger partial charge on any atom is -0.497 e. The molecule has 36 heavy (non-hydrogen) atoms. The van der Waals surface area contributed by atoms with Crippen molar-refractivity contribution < 1.29 is 4.74 Å². The number of hydrogen-bond acceptors (Lipinski definition) is 4. The zero-order chi connectivity index (χ0) is 24.9. The van der Waals surface area contributed by atoms with Crippen molar-refractivity contribution in [1.82, 2.24) is 19.8 Å². The Morgan fingerprint density at radius 1 is 0.972 bits per heavy atom. The number of anilines is 1. The van der Waals surface area contributed by atoms with Crippen LogP contribution in [0.1, 0.15) is 35.6 Å². The molecule has 184 valence electrons. The van der Waals surface area contributed by atoms with Gasteiger partial charge in [0.05, 0.1) is 24.9 Å². The zero-order valence-corrected chi connectivity index (χ0v) is 21.4. The average molecular weight is 498 g/mol. The lowest BCUT2D eigenvalue weighted by molar-refractivity contribution is 0.307. The van der Waals surface area contributed by atoms with Crippen molar-refractivity contribution in [3.63, 3.8) is 0 Å². The Labute approximate surface area is 217 Å². The molecule has 0 spiro atoms. The largest absolute Gasteiger partial charge is 0.497 e. The van der Waals surface area contributed by atoms with Crippen LogP contribution >= 0.6 is 12.2 Å². The topological polar surface area (TPSA) is 54.4 Å². The molecule has 6 nitrogen and oxygen atoms in total. The van der Waals surface area contributed by atoms with Gasteiger partial charge in [-0.1, -0.05) is 24.3 Å². The van der Waals surface area contributed by atoms with Crippen LogP contribution < -0.4 is 15.4 Å². The van der Waals surface area contributed by atoms with Crippen molar-refractivity contribution in [3.05, 3.63) is 108 Å². The number of rotatable bonds is 9. The molecule has 1 saturated heterocycles. The van der Waals surface area contributed by atoms with Crippen LogP contribution in [0.25, 0.3) is 5.69 Å². The zero-order valence-electron chi connectivity index (χ0n) is 20.6. The Bertz CT molecular complexity index is 1290. The van der Waals surface area contributed by atoms with Gasteiger partial charge in [0, 0.05) is 42.0 Å². The summed E-state index contributed by atoms with van der Waals surface area (Å²) in [6, 6.07) is 28.9. The number of benzene rings is 2. The van der Waals surface area contributed by atoms with Crippen LogP contribution in [0.3, 0.4) is 0 Å². The normalized spacial score (nSPS) is 17.2. The average Bonchev–Trinajstić information content (AvgIpc) is 3.46. The second kappa shape index (κ2) is 10.8. The summed E-state index contributed by atoms with van der Waals surface area (Å²) in [5, 5.41) is 7.85. The van der Waals surface area contributed by atoms with E-state index in [1.165, 1.54) is 11.4 Å². The summed E-state index contributed by atoms with van der Waals surface area (Å²) in [6.45, 7) is 3.83. The molecule has 0 saturated carbocycles. The molecule has 0 aliphatic carbocycles. The number of methoxy groups -OCH3 is 1. The number of aromatic nitrogens is 2. The number of nitrogens with zero attached hydrogens (tertiary/aromatic N) is 3. The molecule has 1 aliphatic rings. The van der Waals surface area contributed by atoms with Crippen LogP contribution in [0.2, 0.25) is 0 Å². The predicted octanol–water partition coefficient (Wildman–Crippen LogP) is 5.66. The van der Waals surface area contributed by atoms with Gasteiger partial charge in [0.15, 0.2) is 5.11 Å². The van der Waals surface area contributed by atoms with Crippen LogP contribution in [-0.2, 0) is 0 Å². The Morgan fingerprint density at radius 3 is 2.47 bits per heavy atom. The lowest BCUT2D eigenvalue weighted by Gasteiger charge is -2.29. The first kappa shape index (κ1) is 23.9. The smallest absolute Gasteiger partial charge is 0.170 e. The lowest BCUT2D eigenvalue weighted by atomic mass is 10.0. The maximum atomic E-state index is 5.88. The van der Waals surface area contributed by atoms with Crippen LogP contribution in [0, 0.1) is 6.92 Å². The van der Waals surface area contributed by atoms with E-state index in [-0.39, 0.29) is 12.1 Å². The highest BCUT2D eigenvalue weighted by atomic mass is 32.1. The molecule has 0 bridgehead atoms. The summed E-state index contributed by atoms with van der Waals surface area (Å²) in [5.41, 5.74) is 5.55. The molecule has 2 aromatic heterocycles. The fraction of sp³-hybridized carbons (Fsp3) is 0.241. The number of ether oxygens (including phenoxy) is 1. The Balaban J connectivity index is 1.45. The van der Waals surface area contributed by atoms with E-state index in [2.05, 4.69) is 74.5 Å². The summed E-state index contributed by atoms with van der Waals surface area (Å²) in [5.74, 6) is 0.840. The molecule has 5 rings (SSSR count). The van der Waals surface area contributed by atoms with Crippen LogP contribution in [0.4, 0.5) is 5.69 Å². The Hall–Kier alpha value is -3.84. The van der Waals surface area contributed by atoms with Gasteiger partial charge in [-0.15, -0.1) is 0 Å². The SMILES string of the molecule is COc1ccc(-n2c(C)ccc2[C@@H]2[C@H](c3ccccn3)NC(=S)N2CCCNc2ccccc2)cc1. The van der Waals surface area contributed by atoms with Crippen molar-refractivity contribution in [2.75, 3.05) is 25.5 Å². The van der Waals surface area contributed by atoms with Gasteiger partial charge in [-0.2, -0.15) is 0 Å². The maximum absolute atomic E-state index is 5.88. The van der Waals surface area contributed by atoms with Crippen LogP contribution in [0.5, 0.6) is 5.75 Å². The molecule has 2 N–H and O–H groups in total. The summed E-state index contributed by atoms with van der Waals surface area (Å²) in [7, 11) is 1.69. The molecule has 1 fully saturated rings. The van der Waals surface area contributed by atoms with Gasteiger partial charge in [0.1, 0.15) is 5.75 Å². The first-order valence-electron chi connectivity index (χ1n) is 12.3. The third-order valence-corrected chi connectivity index (χ3v) is 6.97. The van der Waals surface area contributed by atoms with Crippen LogP contribution in [-0.4, -0.2) is 39.8 Å². The van der Waals surface area contributed by atoms with Gasteiger partial charge in [-0.05, 0) is 86.2 Å². The maximum Gasteiger partial charge on any atom is 0.170 e. The Kier molecular flexibility index (Phi) is 7.18. The number of aryl methyl sites for hydroxylation is 1. The highest BCUT2D eigenvalue weighted by molar-refractivity contribution is 7.80. The van der Waals surface area contributed by atoms with E-state index >= 15 is 0 Å². The number of para-hydroxylation sites is 1. The molecule has 2 aromatic carbocycles. The van der Waals surface area contributed by atoms with Gasteiger partial charge in [-0.25, -0.2) is 0 Å². The number of thiocarbonyl (C=S) groups is 1. The molecule has 7 heteroatoms. The van der Waals surface area contributed by atoms with E-state index in [4.69, 9.17) is 17.0 Å². The number of hydrogen-bond donors (Lipinski definition) is 2. The van der Waals surface area contributed by atoms with Gasteiger partial charge >= 0.3 is 0 Å². The number of nitrogens with one attached hydrogen (secondary N) is 2. The summed E-state index contributed by atoms with van der Waals surface area (Å²) in [6.07, 6.45) is 2.79. The molecular formula is C29H31N5OS. The molecule has 0 unspecified atom stereocenters. The molecule has 0 radical (unpaired) electrons.